The minimum Gasteiger partial charge on any atom is -0.416 e. The highest BCUT2D eigenvalue weighted by atomic mass is 79.9. The van der Waals surface area contributed by atoms with Crippen molar-refractivity contribution < 1.29 is 9.21 Å². The van der Waals surface area contributed by atoms with Gasteiger partial charge in [0.1, 0.15) is 0 Å². The quantitative estimate of drug-likeness (QED) is 0.505. The molecule has 5 nitrogen and oxygen atoms in total. The molecule has 1 amide bonds. The molecule has 0 aliphatic heterocycles. The number of carbonyl (C=O) groups excluding carboxylic acids is 1. The molecule has 1 aromatic heterocycles. The minimum atomic E-state index is -0.135. The predicted molar refractivity (Wildman–Crippen MR) is 105 cm³/mol. The Balaban J connectivity index is 1.52. The number of hydrogen-bond acceptors (Lipinski definition) is 5. The molecule has 0 saturated carbocycles. The third kappa shape index (κ3) is 5.42. The van der Waals surface area contributed by atoms with Crippen molar-refractivity contribution in [2.45, 2.75) is 11.6 Å². The van der Waals surface area contributed by atoms with E-state index in [1.807, 2.05) is 48.5 Å². The van der Waals surface area contributed by atoms with Crippen molar-refractivity contribution in [1.82, 2.24) is 10.2 Å². The van der Waals surface area contributed by atoms with Gasteiger partial charge >= 0.3 is 0 Å². The summed E-state index contributed by atoms with van der Waals surface area (Å²) in [6.07, 6.45) is 0.560. The summed E-state index contributed by atoms with van der Waals surface area (Å²) in [5, 5.41) is 11.2. The smallest absolute Gasteiger partial charge is 0.277 e. The fraction of sp³-hybridized carbons (Fsp3) is 0.118. The number of carbonyl (C=O) groups is 1. The van der Waals surface area contributed by atoms with E-state index < -0.39 is 0 Å². The Bertz CT molecular complexity index is 868. The summed E-state index contributed by atoms with van der Waals surface area (Å²) >= 11 is 8.01. The summed E-state index contributed by atoms with van der Waals surface area (Å²) in [5.74, 6) is 0.585. The zero-order chi connectivity index (χ0) is 17.6. The largest absolute Gasteiger partial charge is 0.416 e. The summed E-state index contributed by atoms with van der Waals surface area (Å²) in [7, 11) is 0. The maximum atomic E-state index is 12.0. The monoisotopic (exact) mass is 481 g/mol. The molecule has 0 bridgehead atoms. The molecule has 0 atom stereocenters. The van der Waals surface area contributed by atoms with Crippen molar-refractivity contribution in [3.05, 3.63) is 68.9 Å². The lowest BCUT2D eigenvalue weighted by molar-refractivity contribution is -0.113. The second-order valence-electron chi connectivity index (χ2n) is 5.08. The van der Waals surface area contributed by atoms with Gasteiger partial charge < -0.3 is 9.73 Å². The van der Waals surface area contributed by atoms with Crippen LogP contribution in [-0.2, 0) is 11.2 Å². The number of hydrogen-bond donors (Lipinski definition) is 1. The predicted octanol–water partition coefficient (Wildman–Crippen LogP) is 4.92. The zero-order valence-electron chi connectivity index (χ0n) is 12.9. The molecule has 1 heterocycles. The summed E-state index contributed by atoms with van der Waals surface area (Å²) in [4.78, 5) is 12.0. The molecule has 0 aliphatic rings. The molecule has 8 heteroatoms. The molecule has 0 fully saturated rings. The number of rotatable bonds is 6. The van der Waals surface area contributed by atoms with E-state index in [0.29, 0.717) is 17.5 Å². The van der Waals surface area contributed by atoms with Crippen molar-refractivity contribution in [2.24, 2.45) is 0 Å². The first-order valence-electron chi connectivity index (χ1n) is 7.34. The maximum Gasteiger partial charge on any atom is 0.277 e. The molecular formula is C17H13Br2N3O2S. The minimum absolute atomic E-state index is 0.135. The van der Waals surface area contributed by atoms with E-state index in [2.05, 4.69) is 47.4 Å². The van der Waals surface area contributed by atoms with Crippen LogP contribution in [-0.4, -0.2) is 21.9 Å². The lowest BCUT2D eigenvalue weighted by Gasteiger charge is -2.05. The number of benzene rings is 2. The van der Waals surface area contributed by atoms with Crippen LogP contribution in [0.1, 0.15) is 11.5 Å². The lowest BCUT2D eigenvalue weighted by atomic mass is 10.2. The van der Waals surface area contributed by atoms with Gasteiger partial charge in [-0.25, -0.2) is 0 Å². The molecule has 1 N–H and O–H groups in total. The van der Waals surface area contributed by atoms with Crippen molar-refractivity contribution in [1.29, 1.82) is 0 Å². The van der Waals surface area contributed by atoms with Crippen LogP contribution in [0.25, 0.3) is 0 Å². The van der Waals surface area contributed by atoms with Crippen molar-refractivity contribution in [3.8, 4) is 0 Å². The zero-order valence-corrected chi connectivity index (χ0v) is 16.9. The van der Waals surface area contributed by atoms with Crippen LogP contribution in [0.5, 0.6) is 0 Å². The van der Waals surface area contributed by atoms with E-state index in [9.17, 15) is 4.79 Å². The van der Waals surface area contributed by atoms with Crippen LogP contribution in [0.3, 0.4) is 0 Å². The van der Waals surface area contributed by atoms with Gasteiger partial charge in [-0.1, -0.05) is 52.0 Å². The molecule has 2 aromatic carbocycles. The second-order valence-corrected chi connectivity index (χ2v) is 7.78. The van der Waals surface area contributed by atoms with Gasteiger partial charge in [-0.05, 0) is 45.8 Å². The summed E-state index contributed by atoms with van der Waals surface area (Å²) in [6.45, 7) is 0. The average Bonchev–Trinajstić information content (AvgIpc) is 3.05. The van der Waals surface area contributed by atoms with Crippen LogP contribution in [0.15, 0.2) is 67.1 Å². The standard InChI is InChI=1S/C17H13Br2N3O2S/c18-12-7-5-11(6-8-12)9-16-21-22-17(24-16)25-10-15(23)20-14-4-2-1-3-13(14)19/h1-8H,9-10H2,(H,20,23). The Hall–Kier alpha value is -1.64. The number of nitrogens with one attached hydrogen (secondary N) is 1. The number of anilines is 1. The van der Waals surface area contributed by atoms with Crippen LogP contribution in [0.2, 0.25) is 0 Å². The van der Waals surface area contributed by atoms with Crippen LogP contribution in [0.4, 0.5) is 5.69 Å². The van der Waals surface area contributed by atoms with E-state index in [0.717, 1.165) is 20.2 Å². The van der Waals surface area contributed by atoms with E-state index >= 15 is 0 Å². The first-order valence-corrected chi connectivity index (χ1v) is 9.91. The number of amides is 1. The first-order chi connectivity index (χ1) is 12.1. The molecule has 3 aromatic rings. The number of nitrogens with zero attached hydrogens (tertiary/aromatic N) is 2. The second kappa shape index (κ2) is 8.64. The third-order valence-electron chi connectivity index (χ3n) is 3.19. The van der Waals surface area contributed by atoms with Gasteiger partial charge in [0, 0.05) is 8.95 Å². The SMILES string of the molecule is O=C(CSc1nnc(Cc2ccc(Br)cc2)o1)Nc1ccccc1Br. The van der Waals surface area contributed by atoms with Gasteiger partial charge in [-0.2, -0.15) is 0 Å². The average molecular weight is 483 g/mol. The van der Waals surface area contributed by atoms with Gasteiger partial charge in [0.2, 0.25) is 11.8 Å². The topological polar surface area (TPSA) is 68.0 Å². The molecule has 0 radical (unpaired) electrons. The van der Waals surface area contributed by atoms with Gasteiger partial charge in [0.15, 0.2) is 0 Å². The van der Waals surface area contributed by atoms with Crippen molar-refractivity contribution in [3.63, 3.8) is 0 Å². The van der Waals surface area contributed by atoms with Gasteiger partial charge in [-0.15, -0.1) is 10.2 Å². The molecule has 0 aliphatic carbocycles. The fourth-order valence-corrected chi connectivity index (χ4v) is 3.25. The Kier molecular flexibility index (Phi) is 6.28. The highest BCUT2D eigenvalue weighted by molar-refractivity contribution is 9.10. The molecule has 0 unspecified atom stereocenters. The van der Waals surface area contributed by atoms with E-state index in [1.165, 1.54) is 11.8 Å². The number of aromatic nitrogens is 2. The number of halogens is 2. The molecule has 128 valence electrons. The van der Waals surface area contributed by atoms with E-state index in [1.54, 1.807) is 0 Å². The molecule has 0 spiro atoms. The fourth-order valence-electron chi connectivity index (χ4n) is 2.02. The molecule has 3 rings (SSSR count). The van der Waals surface area contributed by atoms with Gasteiger partial charge in [0.05, 0.1) is 17.9 Å². The third-order valence-corrected chi connectivity index (χ3v) is 5.23. The maximum absolute atomic E-state index is 12.0. The number of para-hydroxylation sites is 1. The summed E-state index contributed by atoms with van der Waals surface area (Å²) in [6, 6.07) is 15.4. The van der Waals surface area contributed by atoms with Gasteiger partial charge in [0.25, 0.3) is 5.22 Å². The molecule has 25 heavy (non-hydrogen) atoms. The lowest BCUT2D eigenvalue weighted by Crippen LogP contribution is -2.14. The Morgan fingerprint density at radius 2 is 1.84 bits per heavy atom. The van der Waals surface area contributed by atoms with Crippen molar-refractivity contribution in [2.75, 3.05) is 11.1 Å². The summed E-state index contributed by atoms with van der Waals surface area (Å²) < 4.78 is 7.44. The Labute approximate surface area is 165 Å². The van der Waals surface area contributed by atoms with Gasteiger partial charge in [-0.3, -0.25) is 4.79 Å². The normalized spacial score (nSPS) is 10.6. The first kappa shape index (κ1) is 18.2. The Morgan fingerprint density at radius 1 is 1.08 bits per heavy atom. The Morgan fingerprint density at radius 3 is 2.60 bits per heavy atom. The van der Waals surface area contributed by atoms with E-state index in [4.69, 9.17) is 4.42 Å². The van der Waals surface area contributed by atoms with Crippen molar-refractivity contribution >= 4 is 55.2 Å². The van der Waals surface area contributed by atoms with Crippen LogP contribution < -0.4 is 5.32 Å². The highest BCUT2D eigenvalue weighted by Crippen LogP contribution is 2.23. The summed E-state index contributed by atoms with van der Waals surface area (Å²) in [5.41, 5.74) is 1.81. The molecular weight excluding hydrogens is 470 g/mol. The van der Waals surface area contributed by atoms with E-state index in [-0.39, 0.29) is 11.7 Å². The van der Waals surface area contributed by atoms with Crippen LogP contribution in [0, 0.1) is 0 Å². The van der Waals surface area contributed by atoms with Crippen LogP contribution >= 0.6 is 43.6 Å². The molecule has 0 saturated heterocycles. The highest BCUT2D eigenvalue weighted by Gasteiger charge is 2.11. The number of thioether (sulfide) groups is 1.